The van der Waals surface area contributed by atoms with Gasteiger partial charge in [-0.25, -0.2) is 5.43 Å². The van der Waals surface area contributed by atoms with Crippen molar-refractivity contribution in [2.45, 2.75) is 39.8 Å². The third-order valence-electron chi connectivity index (χ3n) is 3.34. The maximum absolute atomic E-state index is 5.91. The second-order valence-corrected chi connectivity index (χ2v) is 5.73. The van der Waals surface area contributed by atoms with E-state index in [1.54, 1.807) is 0 Å². The number of benzene rings is 2. The molecule has 0 saturated heterocycles. The normalized spacial score (nSPS) is 12.5. The van der Waals surface area contributed by atoms with E-state index < -0.39 is 0 Å². The van der Waals surface area contributed by atoms with E-state index in [0.717, 1.165) is 16.9 Å². The van der Waals surface area contributed by atoms with Crippen molar-refractivity contribution in [3.05, 3.63) is 64.7 Å². The number of para-hydroxylation sites is 1. The van der Waals surface area contributed by atoms with Crippen LogP contribution in [0.4, 0.5) is 0 Å². The largest absolute Gasteiger partial charge is 0.491 e. The van der Waals surface area contributed by atoms with Crippen LogP contribution in [0.1, 0.15) is 42.1 Å². The van der Waals surface area contributed by atoms with Gasteiger partial charge in [-0.3, -0.25) is 5.84 Å². The Balaban J connectivity index is 2.46. The quantitative estimate of drug-likeness (QED) is 0.651. The Hall–Kier alpha value is -1.84. The van der Waals surface area contributed by atoms with E-state index in [1.807, 2.05) is 32.0 Å². The van der Waals surface area contributed by atoms with Gasteiger partial charge in [0.25, 0.3) is 0 Å². The van der Waals surface area contributed by atoms with Crippen molar-refractivity contribution in [2.24, 2.45) is 5.84 Å². The summed E-state index contributed by atoms with van der Waals surface area (Å²) >= 11 is 0. The smallest absolute Gasteiger partial charge is 0.124 e. The molecule has 2 aromatic rings. The van der Waals surface area contributed by atoms with Crippen molar-refractivity contribution in [1.29, 1.82) is 0 Å². The van der Waals surface area contributed by atoms with Crippen LogP contribution >= 0.6 is 0 Å². The monoisotopic (exact) mass is 284 g/mol. The molecular weight excluding hydrogens is 260 g/mol. The SMILES string of the molecule is Cc1cc(C)cc(C(NN)c2ccccc2OC(C)C)c1. The topological polar surface area (TPSA) is 47.3 Å². The van der Waals surface area contributed by atoms with Gasteiger partial charge in [-0.05, 0) is 39.3 Å². The molecule has 1 atom stereocenters. The standard InChI is InChI=1S/C18H24N2O/c1-12(2)21-17-8-6-5-7-16(17)18(20-19)15-10-13(3)9-14(4)11-15/h5-12,18,20H,19H2,1-4H3. The van der Waals surface area contributed by atoms with Crippen molar-refractivity contribution in [2.75, 3.05) is 0 Å². The molecule has 0 spiro atoms. The minimum Gasteiger partial charge on any atom is -0.491 e. The molecule has 0 aliphatic carbocycles. The molecule has 0 amide bonds. The minimum absolute atomic E-state index is 0.0847. The highest BCUT2D eigenvalue weighted by Gasteiger charge is 2.18. The molecule has 2 rings (SSSR count). The lowest BCUT2D eigenvalue weighted by molar-refractivity contribution is 0.238. The van der Waals surface area contributed by atoms with Gasteiger partial charge >= 0.3 is 0 Å². The van der Waals surface area contributed by atoms with Gasteiger partial charge in [-0.15, -0.1) is 0 Å². The molecule has 0 aliphatic rings. The molecule has 0 aliphatic heterocycles. The maximum Gasteiger partial charge on any atom is 0.124 e. The lowest BCUT2D eigenvalue weighted by atomic mass is 9.95. The van der Waals surface area contributed by atoms with Gasteiger partial charge in [0.05, 0.1) is 12.1 Å². The fourth-order valence-corrected chi connectivity index (χ4v) is 2.62. The summed E-state index contributed by atoms with van der Waals surface area (Å²) in [6, 6.07) is 14.4. The summed E-state index contributed by atoms with van der Waals surface area (Å²) in [6.07, 6.45) is 0.129. The number of hydrogen-bond acceptors (Lipinski definition) is 3. The first-order valence-electron chi connectivity index (χ1n) is 7.31. The molecule has 3 N–H and O–H groups in total. The molecule has 2 aromatic carbocycles. The molecule has 3 nitrogen and oxygen atoms in total. The molecule has 0 radical (unpaired) electrons. The highest BCUT2D eigenvalue weighted by Crippen LogP contribution is 2.31. The van der Waals surface area contributed by atoms with E-state index in [2.05, 4.69) is 43.5 Å². The molecule has 0 heterocycles. The first-order valence-corrected chi connectivity index (χ1v) is 7.31. The summed E-state index contributed by atoms with van der Waals surface area (Å²) in [5.74, 6) is 6.70. The molecular formula is C18H24N2O. The Bertz CT molecular complexity index is 588. The summed E-state index contributed by atoms with van der Waals surface area (Å²) in [7, 11) is 0. The second-order valence-electron chi connectivity index (χ2n) is 5.73. The average molecular weight is 284 g/mol. The van der Waals surface area contributed by atoms with Crippen LogP contribution in [0.15, 0.2) is 42.5 Å². The third-order valence-corrected chi connectivity index (χ3v) is 3.34. The molecule has 0 aromatic heterocycles. The van der Waals surface area contributed by atoms with E-state index in [1.165, 1.54) is 11.1 Å². The van der Waals surface area contributed by atoms with Crippen LogP contribution in [0.25, 0.3) is 0 Å². The zero-order valence-corrected chi connectivity index (χ0v) is 13.2. The van der Waals surface area contributed by atoms with E-state index in [9.17, 15) is 0 Å². The molecule has 0 saturated carbocycles. The molecule has 0 bridgehead atoms. The Morgan fingerprint density at radius 1 is 1.00 bits per heavy atom. The fourth-order valence-electron chi connectivity index (χ4n) is 2.62. The predicted octanol–water partition coefficient (Wildman–Crippen LogP) is 3.64. The Labute approximate surface area is 127 Å². The number of aryl methyl sites for hydroxylation is 2. The molecule has 1 unspecified atom stereocenters. The lowest BCUT2D eigenvalue weighted by Gasteiger charge is -2.22. The number of hydrogen-bond donors (Lipinski definition) is 2. The van der Waals surface area contributed by atoms with E-state index in [0.29, 0.717) is 0 Å². The van der Waals surface area contributed by atoms with Gasteiger partial charge in [-0.2, -0.15) is 0 Å². The van der Waals surface area contributed by atoms with Crippen molar-refractivity contribution in [1.82, 2.24) is 5.43 Å². The van der Waals surface area contributed by atoms with Crippen LogP contribution in [0.5, 0.6) is 5.75 Å². The van der Waals surface area contributed by atoms with Gasteiger partial charge in [0.2, 0.25) is 0 Å². The minimum atomic E-state index is -0.0847. The predicted molar refractivity (Wildman–Crippen MR) is 87.3 cm³/mol. The van der Waals surface area contributed by atoms with Gasteiger partial charge in [0.1, 0.15) is 5.75 Å². The van der Waals surface area contributed by atoms with Crippen molar-refractivity contribution < 1.29 is 4.74 Å². The number of hydrazine groups is 1. The van der Waals surface area contributed by atoms with Gasteiger partial charge in [0, 0.05) is 5.56 Å². The summed E-state index contributed by atoms with van der Waals surface area (Å²) in [5.41, 5.74) is 7.58. The van der Waals surface area contributed by atoms with Crippen LogP contribution in [0.2, 0.25) is 0 Å². The summed E-state index contributed by atoms with van der Waals surface area (Å²) in [4.78, 5) is 0. The zero-order chi connectivity index (χ0) is 15.4. The van der Waals surface area contributed by atoms with Crippen LogP contribution in [0.3, 0.4) is 0 Å². The van der Waals surface area contributed by atoms with Crippen molar-refractivity contribution in [3.63, 3.8) is 0 Å². The summed E-state index contributed by atoms with van der Waals surface area (Å²) in [6.45, 7) is 8.25. The lowest BCUT2D eigenvalue weighted by Crippen LogP contribution is -2.29. The van der Waals surface area contributed by atoms with E-state index in [4.69, 9.17) is 10.6 Å². The van der Waals surface area contributed by atoms with Crippen LogP contribution in [0, 0.1) is 13.8 Å². The van der Waals surface area contributed by atoms with Gasteiger partial charge in [0.15, 0.2) is 0 Å². The Morgan fingerprint density at radius 2 is 1.62 bits per heavy atom. The van der Waals surface area contributed by atoms with Crippen LogP contribution in [-0.4, -0.2) is 6.10 Å². The fraction of sp³-hybridized carbons (Fsp3) is 0.333. The highest BCUT2D eigenvalue weighted by molar-refractivity contribution is 5.43. The Morgan fingerprint density at radius 3 is 2.19 bits per heavy atom. The van der Waals surface area contributed by atoms with Gasteiger partial charge in [-0.1, -0.05) is 47.5 Å². The molecule has 3 heteroatoms. The number of rotatable bonds is 5. The first kappa shape index (κ1) is 15.5. The first-order chi connectivity index (χ1) is 10.0. The van der Waals surface area contributed by atoms with Crippen LogP contribution < -0.4 is 16.0 Å². The van der Waals surface area contributed by atoms with Crippen LogP contribution in [-0.2, 0) is 0 Å². The zero-order valence-electron chi connectivity index (χ0n) is 13.2. The number of nitrogens with one attached hydrogen (secondary N) is 1. The van der Waals surface area contributed by atoms with E-state index in [-0.39, 0.29) is 12.1 Å². The summed E-state index contributed by atoms with van der Waals surface area (Å²) < 4.78 is 5.91. The summed E-state index contributed by atoms with van der Waals surface area (Å²) in [5, 5.41) is 0. The second kappa shape index (κ2) is 6.74. The molecule has 0 fully saturated rings. The Kier molecular flexibility index (Phi) is 4.99. The molecule has 112 valence electrons. The number of ether oxygens (including phenoxy) is 1. The highest BCUT2D eigenvalue weighted by atomic mass is 16.5. The van der Waals surface area contributed by atoms with Crippen molar-refractivity contribution >= 4 is 0 Å². The van der Waals surface area contributed by atoms with E-state index >= 15 is 0 Å². The third kappa shape index (κ3) is 3.84. The van der Waals surface area contributed by atoms with Gasteiger partial charge < -0.3 is 4.74 Å². The number of nitrogens with two attached hydrogens (primary N) is 1. The molecule has 21 heavy (non-hydrogen) atoms. The average Bonchev–Trinajstić information content (AvgIpc) is 2.40. The van der Waals surface area contributed by atoms with Crippen molar-refractivity contribution in [3.8, 4) is 5.75 Å². The maximum atomic E-state index is 5.91.